The molecule has 0 bridgehead atoms. The Morgan fingerprint density at radius 1 is 1.52 bits per heavy atom. The first-order chi connectivity index (χ1) is 11.1. The maximum absolute atomic E-state index is 11.9. The van der Waals surface area contributed by atoms with Gasteiger partial charge in [0.1, 0.15) is 5.69 Å². The highest BCUT2D eigenvalue weighted by atomic mass is 32.1. The van der Waals surface area contributed by atoms with Gasteiger partial charge in [-0.2, -0.15) is 0 Å². The Morgan fingerprint density at radius 2 is 2.39 bits per heavy atom. The second kappa shape index (κ2) is 6.93. The molecule has 23 heavy (non-hydrogen) atoms. The van der Waals surface area contributed by atoms with Crippen molar-refractivity contribution in [2.75, 3.05) is 11.9 Å². The molecule has 0 radical (unpaired) electrons. The van der Waals surface area contributed by atoms with Crippen molar-refractivity contribution in [3.05, 3.63) is 23.3 Å². The van der Waals surface area contributed by atoms with Gasteiger partial charge in [-0.3, -0.25) is 9.59 Å². The number of hydrogen-bond acceptors (Lipinski definition) is 5. The molecule has 8 heteroatoms. The van der Waals surface area contributed by atoms with Crippen molar-refractivity contribution in [1.29, 1.82) is 0 Å². The quantitative estimate of drug-likeness (QED) is 0.751. The highest BCUT2D eigenvalue weighted by Gasteiger charge is 2.17. The Balaban J connectivity index is 1.55. The van der Waals surface area contributed by atoms with Crippen LogP contribution >= 0.6 is 11.3 Å². The highest BCUT2D eigenvalue weighted by Crippen LogP contribution is 2.26. The Hall–Kier alpha value is -2.19. The molecular weight excluding hydrogens is 316 g/mol. The van der Waals surface area contributed by atoms with Crippen LogP contribution in [0.3, 0.4) is 0 Å². The summed E-state index contributed by atoms with van der Waals surface area (Å²) in [4.78, 5) is 30.2. The van der Waals surface area contributed by atoms with E-state index in [1.54, 1.807) is 12.3 Å². The third-order valence-corrected chi connectivity index (χ3v) is 4.47. The smallest absolute Gasteiger partial charge is 0.265 e. The molecule has 1 aliphatic rings. The average molecular weight is 334 g/mol. The molecule has 0 spiro atoms. The van der Waals surface area contributed by atoms with Gasteiger partial charge < -0.3 is 20.8 Å². The molecule has 7 nitrogen and oxygen atoms in total. The summed E-state index contributed by atoms with van der Waals surface area (Å²) >= 11 is 1.34. The second-order valence-electron chi connectivity index (χ2n) is 5.43. The number of carbonyl (C=O) groups is 2. The number of nitrogens with two attached hydrogens (primary N) is 1. The summed E-state index contributed by atoms with van der Waals surface area (Å²) in [5.74, 6) is -0.581. The lowest BCUT2D eigenvalue weighted by molar-refractivity contribution is -0.116. The zero-order valence-corrected chi connectivity index (χ0v) is 13.3. The van der Waals surface area contributed by atoms with Gasteiger partial charge in [0.05, 0.1) is 11.8 Å². The van der Waals surface area contributed by atoms with E-state index in [0.29, 0.717) is 22.9 Å². The Labute approximate surface area is 137 Å². The van der Waals surface area contributed by atoms with Crippen LogP contribution in [0.4, 0.5) is 5.13 Å². The average Bonchev–Trinajstić information content (AvgIpc) is 3.26. The number of nitrogens with zero attached hydrogens (tertiary/aromatic N) is 1. The first-order valence-electron chi connectivity index (χ1n) is 7.47. The Morgan fingerprint density at radius 3 is 3.09 bits per heavy atom. The van der Waals surface area contributed by atoms with E-state index < -0.39 is 5.91 Å². The normalized spacial score (nSPS) is 17.3. The number of amides is 2. The molecule has 2 aromatic rings. The number of aromatic amines is 1. The number of anilines is 1. The van der Waals surface area contributed by atoms with Gasteiger partial charge in [-0.05, 0) is 25.3 Å². The standard InChI is InChI=1S/C15H18N4O3S/c16-14(21)11-6-9(7-17-11)12-8-23-15(18-12)19-13(20)4-3-10-2-1-5-22-10/h6-8,10,17H,1-5H2,(H2,16,21)(H,18,19,20)/t10-/m0/s1. The van der Waals surface area contributed by atoms with Gasteiger partial charge >= 0.3 is 0 Å². The van der Waals surface area contributed by atoms with Crippen molar-refractivity contribution in [1.82, 2.24) is 9.97 Å². The van der Waals surface area contributed by atoms with E-state index in [-0.39, 0.29) is 12.0 Å². The first-order valence-corrected chi connectivity index (χ1v) is 8.35. The molecule has 3 rings (SSSR count). The number of carbonyl (C=O) groups excluding carboxylic acids is 2. The summed E-state index contributed by atoms with van der Waals surface area (Å²) in [5, 5.41) is 5.16. The van der Waals surface area contributed by atoms with Gasteiger partial charge in [-0.1, -0.05) is 0 Å². The molecule has 4 N–H and O–H groups in total. The Kier molecular flexibility index (Phi) is 4.73. The van der Waals surface area contributed by atoms with Gasteiger partial charge in [0, 0.05) is 30.2 Å². The molecule has 0 aromatic carbocycles. The molecule has 0 unspecified atom stereocenters. The van der Waals surface area contributed by atoms with Gasteiger partial charge in [0.25, 0.3) is 5.91 Å². The van der Waals surface area contributed by atoms with Crippen molar-refractivity contribution in [2.45, 2.75) is 31.8 Å². The largest absolute Gasteiger partial charge is 0.378 e. The number of thiazole rings is 1. The number of nitrogens with one attached hydrogen (secondary N) is 2. The highest BCUT2D eigenvalue weighted by molar-refractivity contribution is 7.14. The molecule has 2 amide bonds. The van der Waals surface area contributed by atoms with E-state index >= 15 is 0 Å². The lowest BCUT2D eigenvalue weighted by atomic mass is 10.1. The van der Waals surface area contributed by atoms with Crippen LogP contribution in [0.15, 0.2) is 17.6 Å². The number of ether oxygens (including phenoxy) is 1. The van der Waals surface area contributed by atoms with Crippen LogP contribution in [0.25, 0.3) is 11.3 Å². The molecule has 2 aromatic heterocycles. The fourth-order valence-corrected chi connectivity index (χ4v) is 3.23. The van der Waals surface area contributed by atoms with Gasteiger partial charge in [0.15, 0.2) is 5.13 Å². The topological polar surface area (TPSA) is 110 Å². The molecule has 1 aliphatic heterocycles. The van der Waals surface area contributed by atoms with Gasteiger partial charge in [-0.25, -0.2) is 4.98 Å². The lowest BCUT2D eigenvalue weighted by Crippen LogP contribution is -2.15. The summed E-state index contributed by atoms with van der Waals surface area (Å²) in [6.07, 6.45) is 5.15. The zero-order valence-electron chi connectivity index (χ0n) is 12.5. The molecule has 3 heterocycles. The van der Waals surface area contributed by atoms with Crippen LogP contribution in [0, 0.1) is 0 Å². The summed E-state index contributed by atoms with van der Waals surface area (Å²) in [7, 11) is 0. The molecule has 1 atom stereocenters. The van der Waals surface area contributed by atoms with Gasteiger partial charge in [0.2, 0.25) is 5.91 Å². The molecule has 1 saturated heterocycles. The van der Waals surface area contributed by atoms with E-state index in [9.17, 15) is 9.59 Å². The van der Waals surface area contributed by atoms with E-state index in [4.69, 9.17) is 10.5 Å². The number of aromatic nitrogens is 2. The monoisotopic (exact) mass is 334 g/mol. The zero-order chi connectivity index (χ0) is 16.2. The van der Waals surface area contributed by atoms with E-state index in [2.05, 4.69) is 15.3 Å². The van der Waals surface area contributed by atoms with Crippen LogP contribution < -0.4 is 11.1 Å². The van der Waals surface area contributed by atoms with Crippen molar-refractivity contribution in [2.24, 2.45) is 5.73 Å². The van der Waals surface area contributed by atoms with E-state index in [0.717, 1.165) is 31.4 Å². The minimum Gasteiger partial charge on any atom is -0.378 e. The summed E-state index contributed by atoms with van der Waals surface area (Å²) in [6, 6.07) is 1.64. The predicted octanol–water partition coefficient (Wildman–Crippen LogP) is 2.13. The predicted molar refractivity (Wildman–Crippen MR) is 87.3 cm³/mol. The number of hydrogen-bond donors (Lipinski definition) is 3. The maximum Gasteiger partial charge on any atom is 0.265 e. The second-order valence-corrected chi connectivity index (χ2v) is 6.28. The van der Waals surface area contributed by atoms with Crippen molar-refractivity contribution in [3.8, 4) is 11.3 Å². The third-order valence-electron chi connectivity index (χ3n) is 3.71. The van der Waals surface area contributed by atoms with Crippen LogP contribution in [-0.4, -0.2) is 34.5 Å². The fraction of sp³-hybridized carbons (Fsp3) is 0.400. The van der Waals surface area contributed by atoms with Crippen LogP contribution in [0.5, 0.6) is 0 Å². The lowest BCUT2D eigenvalue weighted by Gasteiger charge is -2.07. The molecule has 0 saturated carbocycles. The number of rotatable bonds is 6. The minimum atomic E-state index is -0.519. The molecular formula is C15H18N4O3S. The fourth-order valence-electron chi connectivity index (χ4n) is 2.49. The van der Waals surface area contributed by atoms with Crippen molar-refractivity contribution >= 4 is 28.3 Å². The number of primary amides is 1. The number of H-pyrrole nitrogens is 1. The van der Waals surface area contributed by atoms with Crippen LogP contribution in [-0.2, 0) is 9.53 Å². The summed E-state index contributed by atoms with van der Waals surface area (Å²) in [6.45, 7) is 0.798. The SMILES string of the molecule is NC(=O)c1cc(-c2csc(NC(=O)CC[C@@H]3CCCO3)n2)c[nH]1. The van der Waals surface area contributed by atoms with E-state index in [1.807, 2.05) is 5.38 Å². The molecule has 0 aliphatic carbocycles. The molecule has 122 valence electrons. The Bertz CT molecular complexity index is 703. The molecule has 1 fully saturated rings. The third kappa shape index (κ3) is 3.96. The summed E-state index contributed by atoms with van der Waals surface area (Å²) < 4.78 is 5.50. The minimum absolute atomic E-state index is 0.0618. The van der Waals surface area contributed by atoms with E-state index in [1.165, 1.54) is 11.3 Å². The van der Waals surface area contributed by atoms with Crippen molar-refractivity contribution in [3.63, 3.8) is 0 Å². The van der Waals surface area contributed by atoms with Crippen LogP contribution in [0.2, 0.25) is 0 Å². The van der Waals surface area contributed by atoms with Gasteiger partial charge in [-0.15, -0.1) is 11.3 Å². The van der Waals surface area contributed by atoms with Crippen molar-refractivity contribution < 1.29 is 14.3 Å². The maximum atomic E-state index is 11.9. The first kappa shape index (κ1) is 15.7. The summed E-state index contributed by atoms with van der Waals surface area (Å²) in [5.41, 5.74) is 6.98. The van der Waals surface area contributed by atoms with Crippen LogP contribution in [0.1, 0.15) is 36.2 Å².